The Kier molecular flexibility index (Phi) is 8.32. The summed E-state index contributed by atoms with van der Waals surface area (Å²) in [4.78, 5) is 24.1. The van der Waals surface area contributed by atoms with Crippen LogP contribution in [0.15, 0.2) is 48.5 Å². The van der Waals surface area contributed by atoms with Gasteiger partial charge in [0, 0.05) is 33.2 Å². The Hall–Kier alpha value is -2.38. The van der Waals surface area contributed by atoms with E-state index < -0.39 is 17.9 Å². The fourth-order valence-electron chi connectivity index (χ4n) is 3.72. The number of methoxy groups -OCH3 is 1. The van der Waals surface area contributed by atoms with Crippen LogP contribution >= 0.6 is 23.2 Å². The number of carboxylic acids is 1. The van der Waals surface area contributed by atoms with Gasteiger partial charge in [0.1, 0.15) is 6.04 Å². The van der Waals surface area contributed by atoms with Crippen molar-refractivity contribution in [2.45, 2.75) is 30.9 Å². The van der Waals surface area contributed by atoms with Gasteiger partial charge in [0.25, 0.3) is 5.91 Å². The van der Waals surface area contributed by atoms with E-state index in [0.29, 0.717) is 13.2 Å². The van der Waals surface area contributed by atoms with E-state index in [1.165, 1.54) is 12.1 Å². The smallest absolute Gasteiger partial charge is 0.326 e. The average Bonchev–Trinajstić information content (AvgIpc) is 2.79. The molecule has 170 valence electrons. The monoisotopic (exact) mass is 477 g/mol. The zero-order valence-corrected chi connectivity index (χ0v) is 19.2. The van der Waals surface area contributed by atoms with Gasteiger partial charge in [0.05, 0.1) is 21.2 Å². The maximum Gasteiger partial charge on any atom is 0.326 e. The Morgan fingerprint density at radius 3 is 2.34 bits per heavy atom. The van der Waals surface area contributed by atoms with Crippen molar-refractivity contribution < 1.29 is 24.2 Å². The van der Waals surface area contributed by atoms with Gasteiger partial charge in [0.15, 0.2) is 0 Å². The molecule has 1 atom stereocenters. The molecule has 0 radical (unpaired) electrons. The topological polar surface area (TPSA) is 84.9 Å². The largest absolute Gasteiger partial charge is 0.480 e. The van der Waals surface area contributed by atoms with Gasteiger partial charge < -0.3 is 19.9 Å². The van der Waals surface area contributed by atoms with E-state index >= 15 is 0 Å². The van der Waals surface area contributed by atoms with Crippen LogP contribution in [0.5, 0.6) is 0 Å². The highest BCUT2D eigenvalue weighted by atomic mass is 35.5. The van der Waals surface area contributed by atoms with E-state index in [1.807, 2.05) is 30.3 Å². The summed E-state index contributed by atoms with van der Waals surface area (Å²) in [6.45, 7) is 1.33. The SMILES string of the molecule is COC1(c2ccc(C=CCC(NC(=O)c3c(Cl)cccc3Cl)C(=O)O)cc2)CCOCC1. The van der Waals surface area contributed by atoms with E-state index in [-0.39, 0.29) is 27.6 Å². The van der Waals surface area contributed by atoms with Gasteiger partial charge in [-0.2, -0.15) is 0 Å². The Balaban J connectivity index is 1.65. The van der Waals surface area contributed by atoms with Crippen LogP contribution in [-0.4, -0.2) is 43.3 Å². The molecule has 32 heavy (non-hydrogen) atoms. The van der Waals surface area contributed by atoms with Crippen molar-refractivity contribution in [3.05, 3.63) is 75.3 Å². The highest BCUT2D eigenvalue weighted by Gasteiger charge is 2.34. The molecule has 1 amide bonds. The third-order valence-electron chi connectivity index (χ3n) is 5.60. The first-order valence-corrected chi connectivity index (χ1v) is 11.0. The van der Waals surface area contributed by atoms with Crippen molar-refractivity contribution in [2.24, 2.45) is 0 Å². The first kappa shape index (κ1) is 24.3. The van der Waals surface area contributed by atoms with Crippen molar-refractivity contribution in [3.8, 4) is 0 Å². The highest BCUT2D eigenvalue weighted by molar-refractivity contribution is 6.39. The molecule has 1 aliphatic rings. The molecule has 1 saturated heterocycles. The van der Waals surface area contributed by atoms with Crippen molar-refractivity contribution in [3.63, 3.8) is 0 Å². The third kappa shape index (κ3) is 5.70. The predicted octanol–water partition coefficient (Wildman–Crippen LogP) is 4.93. The number of ether oxygens (including phenoxy) is 2. The summed E-state index contributed by atoms with van der Waals surface area (Å²) < 4.78 is 11.3. The molecule has 2 aromatic rings. The molecule has 0 bridgehead atoms. The number of hydrogen-bond donors (Lipinski definition) is 2. The highest BCUT2D eigenvalue weighted by Crippen LogP contribution is 2.35. The summed E-state index contributed by atoms with van der Waals surface area (Å²) in [7, 11) is 1.72. The summed E-state index contributed by atoms with van der Waals surface area (Å²) in [6.07, 6.45) is 5.23. The summed E-state index contributed by atoms with van der Waals surface area (Å²) in [5, 5.41) is 12.3. The van der Waals surface area contributed by atoms with Crippen molar-refractivity contribution >= 4 is 41.2 Å². The normalized spacial score (nSPS) is 16.6. The molecule has 2 N–H and O–H groups in total. The molecule has 0 aromatic heterocycles. The summed E-state index contributed by atoms with van der Waals surface area (Å²) in [5.74, 6) is -1.78. The van der Waals surface area contributed by atoms with Crippen LogP contribution in [0.25, 0.3) is 6.08 Å². The number of benzene rings is 2. The second-order valence-corrected chi connectivity index (χ2v) is 8.35. The standard InChI is InChI=1S/C24H25Cl2NO5/c1-31-24(12-14-32-15-13-24)17-10-8-16(9-11-17)4-2-7-20(23(29)30)27-22(28)21-18(25)5-3-6-19(21)26/h2-6,8-11,20H,7,12-15H2,1H3,(H,27,28)(H,29,30). The van der Waals surface area contributed by atoms with E-state index in [0.717, 1.165) is 24.0 Å². The van der Waals surface area contributed by atoms with Crippen molar-refractivity contribution in [1.29, 1.82) is 0 Å². The number of rotatable bonds is 8. The van der Waals surface area contributed by atoms with Gasteiger partial charge >= 0.3 is 5.97 Å². The van der Waals surface area contributed by atoms with E-state index in [1.54, 1.807) is 19.3 Å². The van der Waals surface area contributed by atoms with Crippen LogP contribution in [0.1, 0.15) is 40.7 Å². The number of carboxylic acid groups (broad SMARTS) is 1. The molecule has 1 aliphatic heterocycles. The van der Waals surface area contributed by atoms with Gasteiger partial charge in [-0.15, -0.1) is 0 Å². The van der Waals surface area contributed by atoms with Gasteiger partial charge in [0.2, 0.25) is 0 Å². The van der Waals surface area contributed by atoms with Crippen LogP contribution in [0.2, 0.25) is 10.0 Å². The number of hydrogen-bond acceptors (Lipinski definition) is 4. The van der Waals surface area contributed by atoms with Crippen LogP contribution in [-0.2, 0) is 19.9 Å². The lowest BCUT2D eigenvalue weighted by atomic mass is 9.86. The van der Waals surface area contributed by atoms with Crippen LogP contribution in [0.4, 0.5) is 0 Å². The summed E-state index contributed by atoms with van der Waals surface area (Å²) in [5.41, 5.74) is 1.73. The fourth-order valence-corrected chi connectivity index (χ4v) is 4.29. The molecular formula is C24H25Cl2NO5. The van der Waals surface area contributed by atoms with Crippen molar-refractivity contribution in [1.82, 2.24) is 5.32 Å². The lowest BCUT2D eigenvalue weighted by molar-refractivity contribution is -0.139. The molecule has 0 aliphatic carbocycles. The molecule has 1 fully saturated rings. The maximum atomic E-state index is 12.5. The third-order valence-corrected chi connectivity index (χ3v) is 6.23. The second kappa shape index (κ2) is 11.0. The molecule has 3 rings (SSSR count). The molecule has 0 saturated carbocycles. The molecule has 6 nitrogen and oxygen atoms in total. The van der Waals surface area contributed by atoms with E-state index in [9.17, 15) is 14.7 Å². The minimum atomic E-state index is -1.15. The van der Waals surface area contributed by atoms with E-state index in [4.69, 9.17) is 32.7 Å². The number of halogens is 2. The Bertz CT molecular complexity index is 964. The van der Waals surface area contributed by atoms with Gasteiger partial charge in [-0.25, -0.2) is 4.79 Å². The molecule has 2 aromatic carbocycles. The number of carbonyl (C=O) groups excluding carboxylic acids is 1. The number of aliphatic carboxylic acids is 1. The first-order chi connectivity index (χ1) is 15.4. The first-order valence-electron chi connectivity index (χ1n) is 10.2. The quantitative estimate of drug-likeness (QED) is 0.562. The molecule has 1 heterocycles. The minimum absolute atomic E-state index is 0.0573. The van der Waals surface area contributed by atoms with Gasteiger partial charge in [-0.1, -0.05) is 65.7 Å². The van der Waals surface area contributed by atoms with Crippen LogP contribution in [0, 0.1) is 0 Å². The van der Waals surface area contributed by atoms with Crippen LogP contribution < -0.4 is 5.32 Å². The predicted molar refractivity (Wildman–Crippen MR) is 124 cm³/mol. The van der Waals surface area contributed by atoms with Crippen molar-refractivity contribution in [2.75, 3.05) is 20.3 Å². The Morgan fingerprint density at radius 2 is 1.78 bits per heavy atom. The zero-order valence-electron chi connectivity index (χ0n) is 17.6. The minimum Gasteiger partial charge on any atom is -0.480 e. The Morgan fingerprint density at radius 1 is 1.16 bits per heavy atom. The maximum absolute atomic E-state index is 12.5. The summed E-state index contributed by atoms with van der Waals surface area (Å²) >= 11 is 12.1. The number of amides is 1. The number of carbonyl (C=O) groups is 2. The van der Waals surface area contributed by atoms with Gasteiger partial charge in [-0.05, 0) is 29.7 Å². The number of nitrogens with one attached hydrogen (secondary N) is 1. The zero-order chi connectivity index (χ0) is 23.1. The summed E-state index contributed by atoms with van der Waals surface area (Å²) in [6, 6.07) is 11.5. The van der Waals surface area contributed by atoms with Crippen LogP contribution in [0.3, 0.4) is 0 Å². The molecule has 0 spiro atoms. The lowest BCUT2D eigenvalue weighted by Gasteiger charge is -2.36. The van der Waals surface area contributed by atoms with E-state index in [2.05, 4.69) is 5.32 Å². The van der Waals surface area contributed by atoms with Gasteiger partial charge in [-0.3, -0.25) is 4.79 Å². The molecular weight excluding hydrogens is 453 g/mol. The fraction of sp³-hybridized carbons (Fsp3) is 0.333. The lowest BCUT2D eigenvalue weighted by Crippen LogP contribution is -2.40. The Labute approximate surface area is 197 Å². The average molecular weight is 478 g/mol. The molecule has 1 unspecified atom stereocenters. The molecule has 8 heteroatoms. The second-order valence-electron chi connectivity index (χ2n) is 7.53.